The highest BCUT2D eigenvalue weighted by Crippen LogP contribution is 2.15. The fraction of sp³-hybridized carbons (Fsp3) is 0.500. The van der Waals surface area contributed by atoms with Crippen LogP contribution in [0.2, 0.25) is 0 Å². The van der Waals surface area contributed by atoms with E-state index in [1.54, 1.807) is 0 Å². The second kappa shape index (κ2) is 8.08. The largest absolute Gasteiger partial charge is 0.313 e. The molecular formula is C12H19NS2. The van der Waals surface area contributed by atoms with E-state index >= 15 is 0 Å². The molecule has 1 rings (SSSR count). The number of thioether (sulfide) groups is 2. The highest BCUT2D eigenvalue weighted by molar-refractivity contribution is 7.99. The summed E-state index contributed by atoms with van der Waals surface area (Å²) in [6.45, 7) is 3.32. The van der Waals surface area contributed by atoms with E-state index in [2.05, 4.69) is 48.8 Å². The molecule has 15 heavy (non-hydrogen) atoms. The van der Waals surface area contributed by atoms with Gasteiger partial charge in [0.15, 0.2) is 0 Å². The van der Waals surface area contributed by atoms with Crippen molar-refractivity contribution < 1.29 is 0 Å². The van der Waals surface area contributed by atoms with Crippen LogP contribution in [0.3, 0.4) is 0 Å². The summed E-state index contributed by atoms with van der Waals surface area (Å²) >= 11 is 3.81. The van der Waals surface area contributed by atoms with Gasteiger partial charge in [0, 0.05) is 29.0 Å². The lowest BCUT2D eigenvalue weighted by atomic mass is 10.4. The molecule has 0 saturated carbocycles. The quantitative estimate of drug-likeness (QED) is 0.582. The molecule has 0 bridgehead atoms. The van der Waals surface area contributed by atoms with Gasteiger partial charge in [-0.25, -0.2) is 0 Å². The molecule has 0 aliphatic heterocycles. The fourth-order valence-electron chi connectivity index (χ4n) is 1.30. The molecule has 0 aliphatic rings. The van der Waals surface area contributed by atoms with Crippen molar-refractivity contribution in [2.75, 3.05) is 24.3 Å². The van der Waals surface area contributed by atoms with Crippen molar-refractivity contribution in [2.24, 2.45) is 0 Å². The molecule has 0 aromatic heterocycles. The first-order valence-electron chi connectivity index (χ1n) is 5.23. The summed E-state index contributed by atoms with van der Waals surface area (Å²) in [6.07, 6.45) is 2.15. The van der Waals surface area contributed by atoms with Crippen molar-refractivity contribution in [2.45, 2.75) is 17.9 Å². The van der Waals surface area contributed by atoms with Gasteiger partial charge in [0.25, 0.3) is 0 Å². The summed E-state index contributed by atoms with van der Waals surface area (Å²) in [5, 5.41) is 3.51. The molecule has 1 N–H and O–H groups in total. The summed E-state index contributed by atoms with van der Waals surface area (Å²) in [7, 11) is 0. The second-order valence-electron chi connectivity index (χ2n) is 3.47. The Bertz CT molecular complexity index is 251. The van der Waals surface area contributed by atoms with E-state index in [9.17, 15) is 0 Å². The Morgan fingerprint density at radius 1 is 1.27 bits per heavy atom. The van der Waals surface area contributed by atoms with E-state index in [0.29, 0.717) is 6.04 Å². The van der Waals surface area contributed by atoms with Crippen LogP contribution in [-0.4, -0.2) is 30.3 Å². The van der Waals surface area contributed by atoms with E-state index in [0.717, 1.165) is 12.3 Å². The van der Waals surface area contributed by atoms with Crippen molar-refractivity contribution in [1.82, 2.24) is 5.32 Å². The van der Waals surface area contributed by atoms with Crippen molar-refractivity contribution in [1.29, 1.82) is 0 Å². The Morgan fingerprint density at radius 2 is 2.00 bits per heavy atom. The molecule has 1 atom stereocenters. The van der Waals surface area contributed by atoms with Gasteiger partial charge in [-0.15, -0.1) is 11.8 Å². The molecule has 1 aromatic rings. The zero-order valence-corrected chi connectivity index (χ0v) is 11.0. The predicted molar refractivity (Wildman–Crippen MR) is 73.0 cm³/mol. The minimum atomic E-state index is 0.622. The molecule has 1 aromatic carbocycles. The Kier molecular flexibility index (Phi) is 6.98. The van der Waals surface area contributed by atoms with E-state index in [1.807, 2.05) is 23.5 Å². The Hall–Kier alpha value is -0.120. The zero-order chi connectivity index (χ0) is 10.9. The summed E-state index contributed by atoms with van der Waals surface area (Å²) in [4.78, 5) is 1.36. The number of benzene rings is 1. The Morgan fingerprint density at radius 3 is 2.67 bits per heavy atom. The minimum Gasteiger partial charge on any atom is -0.313 e. The molecular weight excluding hydrogens is 222 g/mol. The van der Waals surface area contributed by atoms with Gasteiger partial charge in [-0.2, -0.15) is 11.8 Å². The number of hydrogen-bond acceptors (Lipinski definition) is 3. The monoisotopic (exact) mass is 241 g/mol. The van der Waals surface area contributed by atoms with E-state index in [-0.39, 0.29) is 0 Å². The van der Waals surface area contributed by atoms with Crippen LogP contribution in [0.15, 0.2) is 35.2 Å². The van der Waals surface area contributed by atoms with E-state index in [1.165, 1.54) is 10.6 Å². The van der Waals surface area contributed by atoms with Crippen LogP contribution >= 0.6 is 23.5 Å². The summed E-state index contributed by atoms with van der Waals surface area (Å²) < 4.78 is 0. The van der Waals surface area contributed by atoms with Crippen LogP contribution in [0.1, 0.15) is 6.92 Å². The van der Waals surface area contributed by atoms with Gasteiger partial charge in [0.2, 0.25) is 0 Å². The van der Waals surface area contributed by atoms with E-state index < -0.39 is 0 Å². The van der Waals surface area contributed by atoms with Crippen molar-refractivity contribution in [3.05, 3.63) is 30.3 Å². The van der Waals surface area contributed by atoms with Crippen LogP contribution in [0, 0.1) is 0 Å². The molecule has 0 amide bonds. The zero-order valence-electron chi connectivity index (χ0n) is 9.40. The molecule has 0 spiro atoms. The van der Waals surface area contributed by atoms with Crippen LogP contribution in [0.4, 0.5) is 0 Å². The van der Waals surface area contributed by atoms with Gasteiger partial charge in [0.05, 0.1) is 0 Å². The van der Waals surface area contributed by atoms with Gasteiger partial charge in [-0.1, -0.05) is 18.2 Å². The van der Waals surface area contributed by atoms with Gasteiger partial charge in [-0.05, 0) is 25.3 Å². The lowest BCUT2D eigenvalue weighted by Gasteiger charge is -2.11. The predicted octanol–water partition coefficient (Wildman–Crippen LogP) is 3.12. The molecule has 0 fully saturated rings. The molecule has 0 aliphatic carbocycles. The third-order valence-electron chi connectivity index (χ3n) is 2.02. The van der Waals surface area contributed by atoms with Crippen molar-refractivity contribution in [3.63, 3.8) is 0 Å². The second-order valence-corrected chi connectivity index (χ2v) is 5.55. The molecule has 0 radical (unpaired) electrons. The fourth-order valence-corrected chi connectivity index (χ4v) is 2.72. The topological polar surface area (TPSA) is 12.0 Å². The maximum absolute atomic E-state index is 3.51. The third kappa shape index (κ3) is 6.13. The lowest BCUT2D eigenvalue weighted by molar-refractivity contribution is 0.624. The van der Waals surface area contributed by atoms with Crippen LogP contribution < -0.4 is 5.32 Å². The minimum absolute atomic E-state index is 0.622. The highest BCUT2D eigenvalue weighted by Gasteiger charge is 1.98. The summed E-state index contributed by atoms with van der Waals surface area (Å²) in [5.41, 5.74) is 0. The van der Waals surface area contributed by atoms with Gasteiger partial charge >= 0.3 is 0 Å². The molecule has 84 valence electrons. The van der Waals surface area contributed by atoms with E-state index in [4.69, 9.17) is 0 Å². The smallest absolute Gasteiger partial charge is 0.0130 e. The summed E-state index contributed by atoms with van der Waals surface area (Å²) in [6, 6.07) is 11.2. The standard InChI is InChI=1S/C12H19NS2/c1-11(10-14-2)13-8-9-15-12-6-4-3-5-7-12/h3-7,11,13H,8-10H2,1-2H3. The maximum atomic E-state index is 3.51. The normalized spacial score (nSPS) is 12.7. The molecule has 1 nitrogen and oxygen atoms in total. The Labute approximate surface area is 101 Å². The molecule has 0 heterocycles. The van der Waals surface area contributed by atoms with Crippen molar-refractivity contribution >= 4 is 23.5 Å². The highest BCUT2D eigenvalue weighted by atomic mass is 32.2. The van der Waals surface area contributed by atoms with Crippen LogP contribution in [0.25, 0.3) is 0 Å². The lowest BCUT2D eigenvalue weighted by Crippen LogP contribution is -2.30. The van der Waals surface area contributed by atoms with Crippen LogP contribution in [-0.2, 0) is 0 Å². The molecule has 1 unspecified atom stereocenters. The van der Waals surface area contributed by atoms with Gasteiger partial charge in [0.1, 0.15) is 0 Å². The first kappa shape index (κ1) is 12.9. The average molecular weight is 241 g/mol. The first-order chi connectivity index (χ1) is 7.33. The average Bonchev–Trinajstić information content (AvgIpc) is 2.26. The van der Waals surface area contributed by atoms with Crippen molar-refractivity contribution in [3.8, 4) is 0 Å². The SMILES string of the molecule is CSCC(C)NCCSc1ccccc1. The molecule has 0 saturated heterocycles. The maximum Gasteiger partial charge on any atom is 0.0130 e. The van der Waals surface area contributed by atoms with Crippen LogP contribution in [0.5, 0.6) is 0 Å². The summed E-state index contributed by atoms with van der Waals surface area (Å²) in [5.74, 6) is 2.33. The number of hydrogen-bond donors (Lipinski definition) is 1. The third-order valence-corrected chi connectivity index (χ3v) is 3.87. The molecule has 3 heteroatoms. The number of rotatable bonds is 7. The Balaban J connectivity index is 2.07. The van der Waals surface area contributed by atoms with Gasteiger partial charge < -0.3 is 5.32 Å². The number of nitrogens with one attached hydrogen (secondary N) is 1. The first-order valence-corrected chi connectivity index (χ1v) is 7.61. The van der Waals surface area contributed by atoms with Gasteiger partial charge in [-0.3, -0.25) is 0 Å².